The highest BCUT2D eigenvalue weighted by molar-refractivity contribution is 5.17. The van der Waals surface area contributed by atoms with Gasteiger partial charge in [-0.2, -0.15) is 0 Å². The van der Waals surface area contributed by atoms with Gasteiger partial charge in [0.15, 0.2) is 0 Å². The third-order valence-corrected chi connectivity index (χ3v) is 4.13. The molecule has 4 heteroatoms. The van der Waals surface area contributed by atoms with E-state index in [1.54, 1.807) is 6.08 Å². The largest absolute Gasteiger partial charge is 0.375 e. The Bertz CT molecular complexity index is 352. The predicted molar refractivity (Wildman–Crippen MR) is 72.4 cm³/mol. The predicted octanol–water partition coefficient (Wildman–Crippen LogP) is 3.33. The van der Waals surface area contributed by atoms with Crippen LogP contribution >= 0.6 is 0 Å². The number of ether oxygens (including phenoxy) is 1. The number of allylic oxidation sites excluding steroid dienone is 1. The zero-order valence-electron chi connectivity index (χ0n) is 12.3. The van der Waals surface area contributed by atoms with Crippen LogP contribution < -0.4 is 0 Å². The Hall–Kier alpha value is -0.480. The lowest BCUT2D eigenvalue weighted by molar-refractivity contribution is 0.0631. The average molecular weight is 273 g/mol. The number of alkyl halides is 2. The van der Waals surface area contributed by atoms with E-state index in [9.17, 15) is 8.78 Å². The maximum atomic E-state index is 13.0. The molecule has 0 amide bonds. The van der Waals surface area contributed by atoms with Gasteiger partial charge in [-0.15, -0.1) is 0 Å². The Balaban J connectivity index is 2.09. The van der Waals surface area contributed by atoms with Crippen LogP contribution in [-0.2, 0) is 4.74 Å². The minimum atomic E-state index is -2.47. The van der Waals surface area contributed by atoms with Gasteiger partial charge in [0.25, 0.3) is 5.92 Å². The van der Waals surface area contributed by atoms with Gasteiger partial charge in [-0.25, -0.2) is 8.78 Å². The molecule has 1 aliphatic carbocycles. The summed E-state index contributed by atoms with van der Waals surface area (Å²) in [6.07, 6.45) is 1.75. The molecule has 0 aromatic heterocycles. The summed E-state index contributed by atoms with van der Waals surface area (Å²) in [5, 5.41) is 0. The summed E-state index contributed by atoms with van der Waals surface area (Å²) in [4.78, 5) is 2.38. The van der Waals surface area contributed by atoms with Crippen molar-refractivity contribution in [2.45, 2.75) is 52.1 Å². The van der Waals surface area contributed by atoms with E-state index >= 15 is 0 Å². The smallest absolute Gasteiger partial charge is 0.255 e. The van der Waals surface area contributed by atoms with Crippen LogP contribution in [0, 0.1) is 11.8 Å². The van der Waals surface area contributed by atoms with Crippen molar-refractivity contribution in [1.82, 2.24) is 4.90 Å². The summed E-state index contributed by atoms with van der Waals surface area (Å²) in [7, 11) is 0. The van der Waals surface area contributed by atoms with Gasteiger partial charge in [0.05, 0.1) is 13.2 Å². The van der Waals surface area contributed by atoms with E-state index in [1.807, 2.05) is 0 Å². The second kappa shape index (κ2) is 5.49. The van der Waals surface area contributed by atoms with Crippen LogP contribution in [0.2, 0.25) is 0 Å². The molecule has 2 unspecified atom stereocenters. The van der Waals surface area contributed by atoms with Gasteiger partial charge in [0.1, 0.15) is 0 Å². The summed E-state index contributed by atoms with van der Waals surface area (Å²) in [6, 6.07) is 0.767. The molecule has 1 saturated heterocycles. The lowest BCUT2D eigenvalue weighted by Gasteiger charge is -2.35. The molecule has 1 aliphatic heterocycles. The minimum absolute atomic E-state index is 0.00574. The van der Waals surface area contributed by atoms with Crippen molar-refractivity contribution in [3.05, 3.63) is 11.6 Å². The molecule has 1 heterocycles. The summed E-state index contributed by atoms with van der Waals surface area (Å²) < 4.78 is 31.7. The monoisotopic (exact) mass is 273 g/mol. The first-order chi connectivity index (χ1) is 8.81. The van der Waals surface area contributed by atoms with E-state index in [0.717, 1.165) is 12.1 Å². The molecule has 2 rings (SSSR count). The van der Waals surface area contributed by atoms with Gasteiger partial charge in [0.2, 0.25) is 0 Å². The topological polar surface area (TPSA) is 12.5 Å². The highest BCUT2D eigenvalue weighted by Crippen LogP contribution is 2.50. The van der Waals surface area contributed by atoms with Crippen molar-refractivity contribution in [2.24, 2.45) is 11.8 Å². The molecule has 0 radical (unpaired) electrons. The fraction of sp³-hybridized carbons (Fsp3) is 0.867. The first-order valence-electron chi connectivity index (χ1n) is 7.22. The van der Waals surface area contributed by atoms with Gasteiger partial charge in [0, 0.05) is 31.0 Å². The van der Waals surface area contributed by atoms with Crippen molar-refractivity contribution in [2.75, 3.05) is 19.8 Å². The Morgan fingerprint density at radius 1 is 1.32 bits per heavy atom. The lowest BCUT2D eigenvalue weighted by atomic mass is 10.0. The molecular formula is C15H25F2NO. The van der Waals surface area contributed by atoms with Gasteiger partial charge >= 0.3 is 0 Å². The number of nitrogens with zero attached hydrogens (tertiary/aromatic N) is 1. The summed E-state index contributed by atoms with van der Waals surface area (Å²) in [5.41, 5.74) is 1.01. The number of hydrogen-bond donors (Lipinski definition) is 0. The van der Waals surface area contributed by atoms with Crippen LogP contribution in [0.3, 0.4) is 0 Å². The third kappa shape index (κ3) is 3.54. The molecule has 0 aromatic carbocycles. The Labute approximate surface area is 114 Å². The molecule has 0 spiro atoms. The molecule has 1 saturated carbocycles. The number of rotatable bonds is 3. The van der Waals surface area contributed by atoms with Crippen molar-refractivity contribution in [1.29, 1.82) is 0 Å². The molecule has 0 bridgehead atoms. The van der Waals surface area contributed by atoms with E-state index in [2.05, 4.69) is 32.6 Å². The van der Waals surface area contributed by atoms with E-state index in [1.165, 1.54) is 0 Å². The number of hydrogen-bond acceptors (Lipinski definition) is 2. The lowest BCUT2D eigenvalue weighted by Crippen LogP contribution is -2.45. The zero-order valence-corrected chi connectivity index (χ0v) is 12.3. The second-order valence-electron chi connectivity index (χ2n) is 6.49. The molecule has 2 nitrogen and oxygen atoms in total. The van der Waals surface area contributed by atoms with Crippen molar-refractivity contribution >= 4 is 0 Å². The van der Waals surface area contributed by atoms with Crippen molar-refractivity contribution < 1.29 is 13.5 Å². The Morgan fingerprint density at radius 2 is 1.95 bits per heavy atom. The molecule has 110 valence electrons. The average Bonchev–Trinajstić information content (AvgIpc) is 2.94. The van der Waals surface area contributed by atoms with Crippen LogP contribution in [0.4, 0.5) is 8.78 Å². The van der Waals surface area contributed by atoms with Gasteiger partial charge < -0.3 is 4.74 Å². The molecule has 0 aromatic rings. The van der Waals surface area contributed by atoms with Crippen LogP contribution in [0.25, 0.3) is 0 Å². The van der Waals surface area contributed by atoms with Gasteiger partial charge in [-0.05, 0) is 25.3 Å². The van der Waals surface area contributed by atoms with Crippen molar-refractivity contribution in [3.63, 3.8) is 0 Å². The first kappa shape index (κ1) is 14.9. The summed E-state index contributed by atoms with van der Waals surface area (Å²) in [6.45, 7) is 10.6. The molecule has 2 aliphatic rings. The normalized spacial score (nSPS) is 34.0. The van der Waals surface area contributed by atoms with E-state index in [-0.39, 0.29) is 6.42 Å². The molecule has 0 N–H and O–H groups in total. The molecular weight excluding hydrogens is 248 g/mol. The first-order valence-corrected chi connectivity index (χ1v) is 7.22. The van der Waals surface area contributed by atoms with Crippen LogP contribution in [0.5, 0.6) is 0 Å². The molecule has 2 atom stereocenters. The SMILES string of the molecule is CC(C)C1COC/C(=C\C2CC2(F)F)CN1C(C)C. The fourth-order valence-electron chi connectivity index (χ4n) is 2.75. The van der Waals surface area contributed by atoms with Crippen LogP contribution in [-0.4, -0.2) is 42.7 Å². The Kier molecular flexibility index (Phi) is 4.31. The van der Waals surface area contributed by atoms with Gasteiger partial charge in [-0.1, -0.05) is 19.9 Å². The number of halogens is 2. The third-order valence-electron chi connectivity index (χ3n) is 4.13. The van der Waals surface area contributed by atoms with E-state index < -0.39 is 11.8 Å². The minimum Gasteiger partial charge on any atom is -0.375 e. The summed E-state index contributed by atoms with van der Waals surface area (Å²) >= 11 is 0. The maximum Gasteiger partial charge on any atom is 0.255 e. The highest BCUT2D eigenvalue weighted by atomic mass is 19.3. The standard InChI is InChI=1S/C15H25F2NO/c1-10(2)14-9-19-8-12(7-18(14)11(3)4)5-13-6-15(13,16)17/h5,10-11,13-14H,6-9H2,1-4H3/b12-5-. The van der Waals surface area contributed by atoms with E-state index in [0.29, 0.717) is 31.2 Å². The molecule has 19 heavy (non-hydrogen) atoms. The van der Waals surface area contributed by atoms with Crippen molar-refractivity contribution in [3.8, 4) is 0 Å². The van der Waals surface area contributed by atoms with Crippen LogP contribution in [0.1, 0.15) is 34.1 Å². The van der Waals surface area contributed by atoms with Gasteiger partial charge in [-0.3, -0.25) is 4.90 Å². The maximum absolute atomic E-state index is 13.0. The Morgan fingerprint density at radius 3 is 2.42 bits per heavy atom. The summed E-state index contributed by atoms with van der Waals surface area (Å²) in [5.74, 6) is -2.53. The van der Waals surface area contributed by atoms with Crippen LogP contribution in [0.15, 0.2) is 11.6 Å². The fourth-order valence-corrected chi connectivity index (χ4v) is 2.75. The highest BCUT2D eigenvalue weighted by Gasteiger charge is 2.55. The van der Waals surface area contributed by atoms with E-state index in [4.69, 9.17) is 4.74 Å². The zero-order chi connectivity index (χ0) is 14.2. The second-order valence-corrected chi connectivity index (χ2v) is 6.49. The molecule has 2 fully saturated rings. The quantitative estimate of drug-likeness (QED) is 0.731.